The summed E-state index contributed by atoms with van der Waals surface area (Å²) in [5.41, 5.74) is 4.70. The molecule has 0 saturated carbocycles. The molecule has 4 rings (SSSR count). The van der Waals surface area contributed by atoms with Gasteiger partial charge in [0.15, 0.2) is 5.78 Å². The minimum Gasteiger partial charge on any atom is -0.497 e. The van der Waals surface area contributed by atoms with Crippen LogP contribution in [0.15, 0.2) is 66.9 Å². The van der Waals surface area contributed by atoms with E-state index in [1.54, 1.807) is 30.9 Å². The molecule has 0 aliphatic carbocycles. The minimum absolute atomic E-state index is 0.0961. The second-order valence-corrected chi connectivity index (χ2v) is 7.25. The molecule has 4 aromatic rings. The average Bonchev–Trinajstić information content (AvgIpc) is 3.17. The van der Waals surface area contributed by atoms with Crippen LogP contribution in [0.3, 0.4) is 0 Å². The summed E-state index contributed by atoms with van der Waals surface area (Å²) < 4.78 is 17.8. The molecule has 2 aromatic carbocycles. The second kappa shape index (κ2) is 8.59. The van der Waals surface area contributed by atoms with Gasteiger partial charge in [-0.15, -0.1) is 0 Å². The van der Waals surface area contributed by atoms with Crippen molar-refractivity contribution in [3.8, 4) is 33.8 Å². The molecule has 0 bridgehead atoms. The van der Waals surface area contributed by atoms with E-state index in [1.807, 2.05) is 54.6 Å². The van der Waals surface area contributed by atoms with Crippen LogP contribution < -0.4 is 9.47 Å². The van der Waals surface area contributed by atoms with Crippen LogP contribution in [0.2, 0.25) is 0 Å². The van der Waals surface area contributed by atoms with Crippen molar-refractivity contribution in [2.45, 2.75) is 6.92 Å². The van der Waals surface area contributed by atoms with Crippen molar-refractivity contribution in [1.29, 1.82) is 0 Å². The lowest BCUT2D eigenvalue weighted by Crippen LogP contribution is -2.08. The van der Waals surface area contributed by atoms with Gasteiger partial charge in [-0.2, -0.15) is 0 Å². The maximum absolute atomic E-state index is 13.1. The third-order valence-corrected chi connectivity index (χ3v) is 5.47. The van der Waals surface area contributed by atoms with Crippen LogP contribution in [0.5, 0.6) is 11.5 Å². The van der Waals surface area contributed by atoms with E-state index >= 15 is 0 Å². The molecule has 6 heteroatoms. The van der Waals surface area contributed by atoms with Gasteiger partial charge in [-0.3, -0.25) is 4.79 Å². The van der Waals surface area contributed by atoms with Gasteiger partial charge < -0.3 is 18.6 Å². The summed E-state index contributed by atoms with van der Waals surface area (Å²) in [7, 11) is 4.55. The number of carbonyl (C=O) groups excluding carboxylic acids is 2. The van der Waals surface area contributed by atoms with Crippen LogP contribution in [0.25, 0.3) is 27.8 Å². The van der Waals surface area contributed by atoms with Gasteiger partial charge in [0, 0.05) is 28.5 Å². The highest BCUT2D eigenvalue weighted by Gasteiger charge is 2.28. The fourth-order valence-corrected chi connectivity index (χ4v) is 3.93. The largest absolute Gasteiger partial charge is 0.497 e. The molecule has 0 fully saturated rings. The first-order valence-electron chi connectivity index (χ1n) is 10.0. The number of Topliss-reactive ketones (excluding diaryl/α,β-unsaturated/α-hetero) is 1. The molecule has 162 valence electrons. The highest BCUT2D eigenvalue weighted by Crippen LogP contribution is 2.44. The van der Waals surface area contributed by atoms with Gasteiger partial charge in [-0.05, 0) is 42.8 Å². The molecule has 0 atom stereocenters. The van der Waals surface area contributed by atoms with Gasteiger partial charge in [-0.25, -0.2) is 4.79 Å². The Balaban J connectivity index is 2.18. The number of aromatic nitrogens is 1. The number of fused-ring (bicyclic) bond motifs is 1. The average molecular weight is 429 g/mol. The lowest BCUT2D eigenvalue weighted by molar-refractivity contribution is 0.0593. The quantitative estimate of drug-likeness (QED) is 0.308. The number of rotatable bonds is 6. The zero-order valence-corrected chi connectivity index (χ0v) is 18.3. The van der Waals surface area contributed by atoms with Crippen molar-refractivity contribution < 1.29 is 23.8 Å². The summed E-state index contributed by atoms with van der Waals surface area (Å²) >= 11 is 0. The van der Waals surface area contributed by atoms with E-state index in [0.29, 0.717) is 22.6 Å². The molecule has 0 saturated heterocycles. The van der Waals surface area contributed by atoms with Gasteiger partial charge in [0.2, 0.25) is 0 Å². The number of carbonyl (C=O) groups is 2. The zero-order valence-electron chi connectivity index (χ0n) is 18.3. The monoisotopic (exact) mass is 429 g/mol. The zero-order chi connectivity index (χ0) is 22.8. The van der Waals surface area contributed by atoms with Gasteiger partial charge in [0.1, 0.15) is 17.2 Å². The number of benzene rings is 2. The molecule has 0 N–H and O–H groups in total. The Kier molecular flexibility index (Phi) is 5.69. The summed E-state index contributed by atoms with van der Waals surface area (Å²) in [5.74, 6) is 0.737. The Bertz CT molecular complexity index is 1320. The normalized spacial score (nSPS) is 10.8. The van der Waals surface area contributed by atoms with Crippen molar-refractivity contribution in [3.05, 3.63) is 78.1 Å². The molecule has 6 nitrogen and oxygen atoms in total. The van der Waals surface area contributed by atoms with E-state index in [4.69, 9.17) is 14.2 Å². The number of pyridine rings is 1. The van der Waals surface area contributed by atoms with Crippen LogP contribution in [0.1, 0.15) is 27.8 Å². The molecule has 2 heterocycles. The molecule has 2 aromatic heterocycles. The molecule has 0 aliphatic heterocycles. The number of hydrogen-bond donors (Lipinski definition) is 0. The van der Waals surface area contributed by atoms with Crippen molar-refractivity contribution >= 4 is 17.3 Å². The summed E-state index contributed by atoms with van der Waals surface area (Å²) in [4.78, 5) is 25.1. The molecule has 0 radical (unpaired) electrons. The van der Waals surface area contributed by atoms with Gasteiger partial charge in [0.05, 0.1) is 26.8 Å². The molecule has 32 heavy (non-hydrogen) atoms. The lowest BCUT2D eigenvalue weighted by atomic mass is 9.94. The SMILES string of the molecule is COC(=O)c1c(-c2ccccc2OC)c(-c2ccc(OC)cc2)c2ccc(C(C)=O)cn12. The van der Waals surface area contributed by atoms with E-state index in [-0.39, 0.29) is 5.78 Å². The fourth-order valence-electron chi connectivity index (χ4n) is 3.93. The predicted molar refractivity (Wildman–Crippen MR) is 123 cm³/mol. The number of methoxy groups -OCH3 is 3. The van der Waals surface area contributed by atoms with E-state index in [2.05, 4.69) is 0 Å². The number of ether oxygens (including phenoxy) is 3. The van der Waals surface area contributed by atoms with Crippen molar-refractivity contribution in [2.75, 3.05) is 21.3 Å². The van der Waals surface area contributed by atoms with E-state index in [9.17, 15) is 9.59 Å². The number of ketones is 1. The van der Waals surface area contributed by atoms with Crippen LogP contribution in [0, 0.1) is 0 Å². The van der Waals surface area contributed by atoms with E-state index < -0.39 is 5.97 Å². The maximum Gasteiger partial charge on any atom is 0.355 e. The van der Waals surface area contributed by atoms with Crippen molar-refractivity contribution in [1.82, 2.24) is 4.40 Å². The third kappa shape index (κ3) is 3.50. The summed E-state index contributed by atoms with van der Waals surface area (Å²) in [5, 5.41) is 0. The van der Waals surface area contributed by atoms with Gasteiger partial charge >= 0.3 is 5.97 Å². The molecule has 0 aliphatic rings. The Morgan fingerprint density at radius 3 is 2.16 bits per heavy atom. The number of para-hydroxylation sites is 1. The highest BCUT2D eigenvalue weighted by molar-refractivity contribution is 6.08. The number of hydrogen-bond acceptors (Lipinski definition) is 5. The van der Waals surface area contributed by atoms with Gasteiger partial charge in [-0.1, -0.05) is 30.3 Å². The molecule has 0 unspecified atom stereocenters. The topological polar surface area (TPSA) is 66.2 Å². The molecular formula is C26H23NO5. The first kappa shape index (κ1) is 21.2. The van der Waals surface area contributed by atoms with Crippen LogP contribution in [-0.4, -0.2) is 37.5 Å². The molecular weight excluding hydrogens is 406 g/mol. The minimum atomic E-state index is -0.513. The van der Waals surface area contributed by atoms with Crippen LogP contribution >= 0.6 is 0 Å². The van der Waals surface area contributed by atoms with Crippen LogP contribution in [-0.2, 0) is 4.74 Å². The smallest absolute Gasteiger partial charge is 0.355 e. The van der Waals surface area contributed by atoms with Crippen molar-refractivity contribution in [3.63, 3.8) is 0 Å². The second-order valence-electron chi connectivity index (χ2n) is 7.25. The predicted octanol–water partition coefficient (Wildman–Crippen LogP) is 5.28. The standard InChI is InChI=1S/C26H23NO5/c1-16(28)18-11-14-21-23(17-9-12-19(30-2)13-10-17)24(20-7-5-6-8-22(20)31-3)25(26(29)32-4)27(21)15-18/h5-15H,1-4H3. The fraction of sp³-hybridized carbons (Fsp3) is 0.154. The van der Waals surface area contributed by atoms with Gasteiger partial charge in [0.25, 0.3) is 0 Å². The Morgan fingerprint density at radius 2 is 1.53 bits per heavy atom. The summed E-state index contributed by atoms with van der Waals surface area (Å²) in [6.07, 6.45) is 1.68. The summed E-state index contributed by atoms with van der Waals surface area (Å²) in [6.45, 7) is 1.49. The maximum atomic E-state index is 13.1. The Labute approximate surface area is 186 Å². The van der Waals surface area contributed by atoms with Crippen LogP contribution in [0.4, 0.5) is 0 Å². The Hall–Kier alpha value is -4.06. The summed E-state index contributed by atoms with van der Waals surface area (Å²) in [6, 6.07) is 18.7. The van der Waals surface area contributed by atoms with E-state index in [0.717, 1.165) is 28.0 Å². The van der Waals surface area contributed by atoms with Crippen molar-refractivity contribution in [2.24, 2.45) is 0 Å². The number of esters is 1. The third-order valence-electron chi connectivity index (χ3n) is 5.47. The highest BCUT2D eigenvalue weighted by atomic mass is 16.5. The molecule has 0 amide bonds. The molecule has 0 spiro atoms. The first-order valence-corrected chi connectivity index (χ1v) is 10.0. The first-order chi connectivity index (χ1) is 15.5. The van der Waals surface area contributed by atoms with E-state index in [1.165, 1.54) is 14.0 Å². The lowest BCUT2D eigenvalue weighted by Gasteiger charge is -2.12. The number of nitrogens with zero attached hydrogens (tertiary/aromatic N) is 1. The Morgan fingerprint density at radius 1 is 0.812 bits per heavy atom.